The maximum atomic E-state index is 11.3. The van der Waals surface area contributed by atoms with E-state index < -0.39 is 5.97 Å². The van der Waals surface area contributed by atoms with Gasteiger partial charge in [0.2, 0.25) is 5.76 Å². The second-order valence-corrected chi connectivity index (χ2v) is 6.79. The standard InChI is InChI=1S/C17H20O5/c1-9-13-6-17(3,8-22-10(2)18)5-11(13)4-12-7-21-15(14(9)12)16(19)20/h7,11H,4-6,8H2,1-3H3,(H,19,20). The van der Waals surface area contributed by atoms with Gasteiger partial charge >= 0.3 is 11.9 Å². The van der Waals surface area contributed by atoms with Crippen molar-refractivity contribution >= 4 is 17.5 Å². The molecule has 0 bridgehead atoms. The summed E-state index contributed by atoms with van der Waals surface area (Å²) in [5.41, 5.74) is 3.95. The van der Waals surface area contributed by atoms with Gasteiger partial charge in [0.05, 0.1) is 12.9 Å². The zero-order chi connectivity index (χ0) is 16.1. The highest BCUT2D eigenvalue weighted by atomic mass is 16.5. The van der Waals surface area contributed by atoms with Crippen LogP contribution >= 0.6 is 0 Å². The molecule has 1 aromatic heterocycles. The van der Waals surface area contributed by atoms with Gasteiger partial charge in [0.15, 0.2) is 0 Å². The predicted molar refractivity (Wildman–Crippen MR) is 79.4 cm³/mol. The summed E-state index contributed by atoms with van der Waals surface area (Å²) in [6.45, 7) is 5.93. The average molecular weight is 304 g/mol. The molecule has 0 spiro atoms. The Balaban J connectivity index is 1.92. The van der Waals surface area contributed by atoms with Gasteiger partial charge < -0.3 is 14.3 Å². The number of allylic oxidation sites excluding steroid dienone is 2. The van der Waals surface area contributed by atoms with Crippen molar-refractivity contribution in [3.63, 3.8) is 0 Å². The Hall–Kier alpha value is -2.04. The largest absolute Gasteiger partial charge is 0.475 e. The average Bonchev–Trinajstić information content (AvgIpc) is 2.99. The van der Waals surface area contributed by atoms with Gasteiger partial charge in [-0.05, 0) is 43.2 Å². The van der Waals surface area contributed by atoms with Crippen molar-refractivity contribution in [1.82, 2.24) is 0 Å². The van der Waals surface area contributed by atoms with E-state index in [1.54, 1.807) is 6.26 Å². The number of furan rings is 1. The van der Waals surface area contributed by atoms with Crippen LogP contribution in [0.2, 0.25) is 0 Å². The van der Waals surface area contributed by atoms with Gasteiger partial charge in [-0.15, -0.1) is 0 Å². The molecule has 1 saturated carbocycles. The molecule has 22 heavy (non-hydrogen) atoms. The molecule has 1 heterocycles. The van der Waals surface area contributed by atoms with E-state index in [0.717, 1.165) is 36.0 Å². The lowest BCUT2D eigenvalue weighted by Gasteiger charge is -2.22. The lowest BCUT2D eigenvalue weighted by molar-refractivity contribution is -0.144. The summed E-state index contributed by atoms with van der Waals surface area (Å²) in [6.07, 6.45) is 4.15. The lowest BCUT2D eigenvalue weighted by Crippen LogP contribution is -2.21. The van der Waals surface area contributed by atoms with Crippen molar-refractivity contribution in [2.45, 2.75) is 40.0 Å². The first-order valence-electron chi connectivity index (χ1n) is 7.48. The van der Waals surface area contributed by atoms with E-state index in [4.69, 9.17) is 9.15 Å². The van der Waals surface area contributed by atoms with Crippen LogP contribution in [0.25, 0.3) is 5.57 Å². The van der Waals surface area contributed by atoms with Gasteiger partial charge in [0, 0.05) is 17.9 Å². The minimum absolute atomic E-state index is 0.0343. The maximum Gasteiger partial charge on any atom is 0.372 e. The monoisotopic (exact) mass is 304 g/mol. The normalized spacial score (nSPS) is 26.6. The molecule has 5 nitrogen and oxygen atoms in total. The number of hydrogen-bond donors (Lipinski definition) is 1. The SMILES string of the molecule is CC(=O)OCC1(C)CC2=C(C)c3c(coc3C(=O)O)CC2C1. The van der Waals surface area contributed by atoms with Crippen molar-refractivity contribution < 1.29 is 23.8 Å². The minimum Gasteiger partial charge on any atom is -0.475 e. The van der Waals surface area contributed by atoms with Crippen molar-refractivity contribution in [3.8, 4) is 0 Å². The van der Waals surface area contributed by atoms with Crippen LogP contribution < -0.4 is 0 Å². The third-order valence-corrected chi connectivity index (χ3v) is 4.86. The number of carboxylic acid groups (broad SMARTS) is 1. The highest BCUT2D eigenvalue weighted by Crippen LogP contribution is 2.52. The number of rotatable bonds is 3. The van der Waals surface area contributed by atoms with E-state index in [1.807, 2.05) is 6.92 Å². The van der Waals surface area contributed by atoms with E-state index in [0.29, 0.717) is 12.5 Å². The summed E-state index contributed by atoms with van der Waals surface area (Å²) in [6, 6.07) is 0. The van der Waals surface area contributed by atoms with E-state index >= 15 is 0 Å². The number of carboxylic acids is 1. The molecule has 1 fully saturated rings. The third kappa shape index (κ3) is 2.34. The van der Waals surface area contributed by atoms with Crippen LogP contribution in [0.3, 0.4) is 0 Å². The molecule has 1 aromatic rings. The zero-order valence-electron chi connectivity index (χ0n) is 13.1. The van der Waals surface area contributed by atoms with Crippen LogP contribution in [0.4, 0.5) is 0 Å². The molecular formula is C17H20O5. The second-order valence-electron chi connectivity index (χ2n) is 6.79. The van der Waals surface area contributed by atoms with Crippen LogP contribution in [0.15, 0.2) is 16.3 Å². The first-order chi connectivity index (χ1) is 10.3. The Morgan fingerprint density at radius 2 is 2.23 bits per heavy atom. The molecule has 2 atom stereocenters. The molecule has 0 radical (unpaired) electrons. The molecule has 2 aliphatic carbocycles. The Morgan fingerprint density at radius 1 is 1.50 bits per heavy atom. The van der Waals surface area contributed by atoms with Crippen LogP contribution in [0.5, 0.6) is 0 Å². The fourth-order valence-corrected chi connectivity index (χ4v) is 3.95. The molecule has 3 rings (SSSR count). The topological polar surface area (TPSA) is 76.7 Å². The third-order valence-electron chi connectivity index (χ3n) is 4.86. The van der Waals surface area contributed by atoms with E-state index in [2.05, 4.69) is 6.92 Å². The van der Waals surface area contributed by atoms with Crippen LogP contribution in [-0.2, 0) is 16.0 Å². The molecule has 0 saturated heterocycles. The van der Waals surface area contributed by atoms with Gasteiger partial charge in [0.25, 0.3) is 0 Å². The van der Waals surface area contributed by atoms with Gasteiger partial charge in [-0.2, -0.15) is 0 Å². The summed E-state index contributed by atoms with van der Waals surface area (Å²) in [5, 5.41) is 9.26. The number of carbonyl (C=O) groups is 2. The second kappa shape index (κ2) is 5.00. The Kier molecular flexibility index (Phi) is 3.38. The minimum atomic E-state index is -1.03. The molecule has 5 heteroatoms. The Bertz CT molecular complexity index is 681. The summed E-state index contributed by atoms with van der Waals surface area (Å²) in [4.78, 5) is 22.4. The van der Waals surface area contributed by atoms with Crippen LogP contribution in [-0.4, -0.2) is 23.7 Å². The first-order valence-corrected chi connectivity index (χ1v) is 7.48. The van der Waals surface area contributed by atoms with Gasteiger partial charge in [-0.25, -0.2) is 4.79 Å². The van der Waals surface area contributed by atoms with Crippen LogP contribution in [0, 0.1) is 11.3 Å². The summed E-state index contributed by atoms with van der Waals surface area (Å²) in [7, 11) is 0. The molecule has 118 valence electrons. The maximum absolute atomic E-state index is 11.3. The Labute approximate surface area is 128 Å². The van der Waals surface area contributed by atoms with E-state index in [1.165, 1.54) is 12.5 Å². The smallest absolute Gasteiger partial charge is 0.372 e. The lowest BCUT2D eigenvalue weighted by atomic mass is 9.82. The number of hydrogen-bond acceptors (Lipinski definition) is 4. The number of carbonyl (C=O) groups excluding carboxylic acids is 1. The number of esters is 1. The van der Waals surface area contributed by atoms with Gasteiger partial charge in [-0.1, -0.05) is 12.5 Å². The van der Waals surface area contributed by atoms with E-state index in [9.17, 15) is 14.7 Å². The molecule has 2 unspecified atom stereocenters. The molecular weight excluding hydrogens is 284 g/mol. The highest BCUT2D eigenvalue weighted by Gasteiger charge is 2.43. The molecule has 0 aromatic carbocycles. The highest BCUT2D eigenvalue weighted by molar-refractivity contribution is 5.93. The van der Waals surface area contributed by atoms with Crippen molar-refractivity contribution in [2.75, 3.05) is 6.61 Å². The molecule has 2 aliphatic rings. The summed E-state index contributed by atoms with van der Waals surface area (Å²) >= 11 is 0. The zero-order valence-corrected chi connectivity index (χ0v) is 13.1. The molecule has 1 N–H and O–H groups in total. The van der Waals surface area contributed by atoms with Crippen molar-refractivity contribution in [3.05, 3.63) is 28.7 Å². The van der Waals surface area contributed by atoms with Gasteiger partial charge in [0.1, 0.15) is 0 Å². The molecule has 0 aliphatic heterocycles. The quantitative estimate of drug-likeness (QED) is 0.867. The summed E-state index contributed by atoms with van der Waals surface area (Å²) in [5.74, 6) is -0.870. The number of fused-ring (bicyclic) bond motifs is 2. The van der Waals surface area contributed by atoms with Crippen molar-refractivity contribution in [2.24, 2.45) is 11.3 Å². The number of ether oxygens (including phenoxy) is 1. The van der Waals surface area contributed by atoms with Crippen LogP contribution in [0.1, 0.15) is 55.3 Å². The van der Waals surface area contributed by atoms with Gasteiger partial charge in [-0.3, -0.25) is 4.79 Å². The molecule has 0 amide bonds. The Morgan fingerprint density at radius 3 is 2.86 bits per heavy atom. The fourth-order valence-electron chi connectivity index (χ4n) is 3.95. The van der Waals surface area contributed by atoms with E-state index in [-0.39, 0.29) is 17.1 Å². The summed E-state index contributed by atoms with van der Waals surface area (Å²) < 4.78 is 10.5. The number of aromatic carboxylic acids is 1. The van der Waals surface area contributed by atoms with Crippen molar-refractivity contribution in [1.29, 1.82) is 0 Å². The first kappa shape index (κ1) is 14.9. The predicted octanol–water partition coefficient (Wildman–Crippen LogP) is 3.29. The fraction of sp³-hybridized carbons (Fsp3) is 0.529.